The molecule has 0 spiro atoms. The number of rotatable bonds is 4. The van der Waals surface area contributed by atoms with Crippen LogP contribution in [0.15, 0.2) is 24.3 Å². The van der Waals surface area contributed by atoms with Crippen LogP contribution in [-0.4, -0.2) is 25.9 Å². The highest BCUT2D eigenvalue weighted by Gasteiger charge is 2.21. The van der Waals surface area contributed by atoms with E-state index in [1.165, 1.54) is 0 Å². The minimum Gasteiger partial charge on any atom is -0.492 e. The number of hydrogen-bond acceptors (Lipinski definition) is 3. The summed E-state index contributed by atoms with van der Waals surface area (Å²) < 4.78 is 11.0. The van der Waals surface area contributed by atoms with Crippen LogP contribution < -0.4 is 10.5 Å². The summed E-state index contributed by atoms with van der Waals surface area (Å²) in [6, 6.07) is 7.46. The molecule has 3 nitrogen and oxygen atoms in total. The van der Waals surface area contributed by atoms with E-state index in [0.717, 1.165) is 31.8 Å². The molecular formula is C13H18ClNO2. The Morgan fingerprint density at radius 1 is 1.41 bits per heavy atom. The predicted molar refractivity (Wildman–Crippen MR) is 68.5 cm³/mol. The number of ether oxygens (including phenoxy) is 2. The van der Waals surface area contributed by atoms with Gasteiger partial charge in [0.25, 0.3) is 0 Å². The lowest BCUT2D eigenvalue weighted by Crippen LogP contribution is -2.38. The smallest absolute Gasteiger partial charge is 0.120 e. The molecule has 2 N–H and O–H groups in total. The SMILES string of the molecule is NC(COc1cccc(Cl)c1)C1CCOCC1. The van der Waals surface area contributed by atoms with E-state index >= 15 is 0 Å². The Labute approximate surface area is 107 Å². The van der Waals surface area contributed by atoms with Crippen LogP contribution in [0.3, 0.4) is 0 Å². The highest BCUT2D eigenvalue weighted by Crippen LogP contribution is 2.20. The molecule has 0 radical (unpaired) electrons. The zero-order valence-electron chi connectivity index (χ0n) is 9.77. The van der Waals surface area contributed by atoms with E-state index in [4.69, 9.17) is 26.8 Å². The Morgan fingerprint density at radius 2 is 2.18 bits per heavy atom. The van der Waals surface area contributed by atoms with Crippen molar-refractivity contribution >= 4 is 11.6 Å². The second-order valence-electron chi connectivity index (χ2n) is 4.38. The zero-order valence-corrected chi connectivity index (χ0v) is 10.5. The monoisotopic (exact) mass is 255 g/mol. The van der Waals surface area contributed by atoms with E-state index in [1.54, 1.807) is 6.07 Å². The van der Waals surface area contributed by atoms with Gasteiger partial charge in [0, 0.05) is 24.3 Å². The highest BCUT2D eigenvalue weighted by molar-refractivity contribution is 6.30. The first-order valence-electron chi connectivity index (χ1n) is 5.97. The van der Waals surface area contributed by atoms with Crippen molar-refractivity contribution in [1.82, 2.24) is 0 Å². The zero-order chi connectivity index (χ0) is 12.1. The van der Waals surface area contributed by atoms with Crippen LogP contribution in [0.4, 0.5) is 0 Å². The molecule has 1 aromatic rings. The third-order valence-electron chi connectivity index (χ3n) is 3.11. The molecule has 1 aliphatic rings. The van der Waals surface area contributed by atoms with Gasteiger partial charge in [-0.3, -0.25) is 0 Å². The normalized spacial score (nSPS) is 18.9. The van der Waals surface area contributed by atoms with E-state index in [1.807, 2.05) is 18.2 Å². The molecule has 2 rings (SSSR count). The van der Waals surface area contributed by atoms with Crippen LogP contribution in [0.5, 0.6) is 5.75 Å². The van der Waals surface area contributed by atoms with Gasteiger partial charge >= 0.3 is 0 Å². The largest absolute Gasteiger partial charge is 0.492 e. The minimum absolute atomic E-state index is 0.0675. The molecule has 1 fully saturated rings. The standard InChI is InChI=1S/C13H18ClNO2/c14-11-2-1-3-12(8-11)17-9-13(15)10-4-6-16-7-5-10/h1-3,8,10,13H,4-7,9,15H2. The van der Waals surface area contributed by atoms with Crippen molar-refractivity contribution in [3.63, 3.8) is 0 Å². The molecule has 0 amide bonds. The summed E-state index contributed by atoms with van der Waals surface area (Å²) in [5.74, 6) is 1.28. The van der Waals surface area contributed by atoms with Crippen molar-refractivity contribution in [2.24, 2.45) is 11.7 Å². The average Bonchev–Trinajstić information content (AvgIpc) is 2.37. The molecule has 0 aliphatic carbocycles. The van der Waals surface area contributed by atoms with E-state index in [0.29, 0.717) is 17.5 Å². The van der Waals surface area contributed by atoms with E-state index < -0.39 is 0 Å². The van der Waals surface area contributed by atoms with Crippen molar-refractivity contribution in [2.75, 3.05) is 19.8 Å². The van der Waals surface area contributed by atoms with Crippen LogP contribution in [0.1, 0.15) is 12.8 Å². The number of benzene rings is 1. The van der Waals surface area contributed by atoms with Crippen LogP contribution in [-0.2, 0) is 4.74 Å². The summed E-state index contributed by atoms with van der Waals surface area (Å²) >= 11 is 5.88. The lowest BCUT2D eigenvalue weighted by Gasteiger charge is -2.27. The van der Waals surface area contributed by atoms with E-state index in [9.17, 15) is 0 Å². The van der Waals surface area contributed by atoms with Gasteiger partial charge < -0.3 is 15.2 Å². The van der Waals surface area contributed by atoms with Gasteiger partial charge in [-0.2, -0.15) is 0 Å². The fourth-order valence-corrected chi connectivity index (χ4v) is 2.21. The molecule has 1 aliphatic heterocycles. The molecule has 17 heavy (non-hydrogen) atoms. The van der Waals surface area contributed by atoms with Crippen molar-refractivity contribution in [3.8, 4) is 5.75 Å². The van der Waals surface area contributed by atoms with Crippen LogP contribution in [0, 0.1) is 5.92 Å². The summed E-state index contributed by atoms with van der Waals surface area (Å²) in [7, 11) is 0. The fourth-order valence-electron chi connectivity index (χ4n) is 2.03. The highest BCUT2D eigenvalue weighted by atomic mass is 35.5. The van der Waals surface area contributed by atoms with Gasteiger partial charge in [0.2, 0.25) is 0 Å². The first-order valence-corrected chi connectivity index (χ1v) is 6.35. The third kappa shape index (κ3) is 3.87. The number of hydrogen-bond donors (Lipinski definition) is 1. The average molecular weight is 256 g/mol. The lowest BCUT2D eigenvalue weighted by atomic mass is 9.93. The van der Waals surface area contributed by atoms with Crippen molar-refractivity contribution < 1.29 is 9.47 Å². The summed E-state index contributed by atoms with van der Waals surface area (Å²) in [4.78, 5) is 0. The molecule has 1 heterocycles. The van der Waals surface area contributed by atoms with Crippen LogP contribution in [0.25, 0.3) is 0 Å². The van der Waals surface area contributed by atoms with E-state index in [2.05, 4.69) is 0 Å². The Morgan fingerprint density at radius 3 is 2.88 bits per heavy atom. The van der Waals surface area contributed by atoms with Crippen molar-refractivity contribution in [3.05, 3.63) is 29.3 Å². The van der Waals surface area contributed by atoms with Gasteiger partial charge in [-0.1, -0.05) is 17.7 Å². The topological polar surface area (TPSA) is 44.5 Å². The molecule has 0 aromatic heterocycles. The maximum absolute atomic E-state index is 6.12. The Balaban J connectivity index is 1.80. The maximum atomic E-state index is 6.12. The van der Waals surface area contributed by atoms with Crippen LogP contribution in [0.2, 0.25) is 5.02 Å². The van der Waals surface area contributed by atoms with Gasteiger partial charge in [-0.15, -0.1) is 0 Å². The summed E-state index contributed by atoms with van der Waals surface area (Å²) in [5.41, 5.74) is 6.12. The molecule has 0 bridgehead atoms. The van der Waals surface area contributed by atoms with Gasteiger partial charge in [0.1, 0.15) is 12.4 Å². The van der Waals surface area contributed by atoms with Gasteiger partial charge in [-0.05, 0) is 37.0 Å². The molecule has 4 heteroatoms. The second kappa shape index (κ2) is 6.24. The minimum atomic E-state index is 0.0675. The molecule has 94 valence electrons. The third-order valence-corrected chi connectivity index (χ3v) is 3.35. The van der Waals surface area contributed by atoms with Gasteiger partial charge in [0.05, 0.1) is 0 Å². The Kier molecular flexibility index (Phi) is 4.66. The first kappa shape index (κ1) is 12.7. The molecule has 0 saturated carbocycles. The molecule has 1 unspecified atom stereocenters. The van der Waals surface area contributed by atoms with Crippen molar-refractivity contribution in [1.29, 1.82) is 0 Å². The quantitative estimate of drug-likeness (QED) is 0.899. The lowest BCUT2D eigenvalue weighted by molar-refractivity contribution is 0.0521. The predicted octanol–water partition coefficient (Wildman–Crippen LogP) is 2.47. The Bertz CT molecular complexity index is 353. The summed E-state index contributed by atoms with van der Waals surface area (Å²) in [6.45, 7) is 2.16. The molecule has 1 atom stereocenters. The summed E-state index contributed by atoms with van der Waals surface area (Å²) in [6.07, 6.45) is 2.06. The van der Waals surface area contributed by atoms with Crippen molar-refractivity contribution in [2.45, 2.75) is 18.9 Å². The maximum Gasteiger partial charge on any atom is 0.120 e. The number of nitrogens with two attached hydrogens (primary N) is 1. The number of halogens is 1. The van der Waals surface area contributed by atoms with Gasteiger partial charge in [-0.25, -0.2) is 0 Å². The molecule has 1 aromatic carbocycles. The molecule has 1 saturated heterocycles. The van der Waals surface area contributed by atoms with Crippen LogP contribution >= 0.6 is 11.6 Å². The van der Waals surface area contributed by atoms with Gasteiger partial charge in [0.15, 0.2) is 0 Å². The Hall–Kier alpha value is -0.770. The summed E-state index contributed by atoms with van der Waals surface area (Å²) in [5, 5.41) is 0.683. The molecular weight excluding hydrogens is 238 g/mol. The second-order valence-corrected chi connectivity index (χ2v) is 4.82. The fraction of sp³-hybridized carbons (Fsp3) is 0.538. The first-order chi connectivity index (χ1) is 8.25. The van der Waals surface area contributed by atoms with E-state index in [-0.39, 0.29) is 6.04 Å².